The molecule has 2 aromatic heterocycles. The zero-order valence-electron chi connectivity index (χ0n) is 15.1. The smallest absolute Gasteiger partial charge is 0.263 e. The van der Waals surface area contributed by atoms with Crippen LogP contribution in [0.1, 0.15) is 16.3 Å². The Morgan fingerprint density at radius 3 is 2.61 bits per heavy atom. The summed E-state index contributed by atoms with van der Waals surface area (Å²) in [7, 11) is 0. The molecule has 0 amide bonds. The third-order valence-electron chi connectivity index (χ3n) is 4.62. The van der Waals surface area contributed by atoms with Gasteiger partial charge in [-0.25, -0.2) is 9.37 Å². The Bertz CT molecular complexity index is 1280. The van der Waals surface area contributed by atoms with Crippen molar-refractivity contribution in [3.05, 3.63) is 84.9 Å². The van der Waals surface area contributed by atoms with Crippen molar-refractivity contribution in [2.75, 3.05) is 0 Å². The maximum atomic E-state index is 13.6. The minimum Gasteiger partial charge on any atom is -0.292 e. The maximum absolute atomic E-state index is 13.6. The Kier molecular flexibility index (Phi) is 5.00. The summed E-state index contributed by atoms with van der Waals surface area (Å²) < 4.78 is 15.1. The topological polar surface area (TPSA) is 34.9 Å². The van der Waals surface area contributed by atoms with Gasteiger partial charge in [0.15, 0.2) is 0 Å². The molecule has 2 heterocycles. The number of thiophene rings is 1. The van der Waals surface area contributed by atoms with Crippen molar-refractivity contribution in [1.82, 2.24) is 9.55 Å². The van der Waals surface area contributed by atoms with Gasteiger partial charge in [-0.15, -0.1) is 11.3 Å². The van der Waals surface area contributed by atoms with E-state index in [4.69, 9.17) is 23.2 Å². The van der Waals surface area contributed by atoms with Crippen LogP contribution in [0.25, 0.3) is 21.3 Å². The summed E-state index contributed by atoms with van der Waals surface area (Å²) in [6.45, 7) is 3.99. The highest BCUT2D eigenvalue weighted by molar-refractivity contribution is 7.19. The quantitative estimate of drug-likeness (QED) is 0.384. The summed E-state index contributed by atoms with van der Waals surface area (Å²) in [5.41, 5.74) is 2.17. The first-order chi connectivity index (χ1) is 13.3. The van der Waals surface area contributed by atoms with Crippen molar-refractivity contribution < 1.29 is 4.39 Å². The van der Waals surface area contributed by atoms with Crippen molar-refractivity contribution in [1.29, 1.82) is 0 Å². The van der Waals surface area contributed by atoms with E-state index in [1.165, 1.54) is 23.5 Å². The van der Waals surface area contributed by atoms with Crippen molar-refractivity contribution in [3.8, 4) is 11.1 Å². The molecule has 0 aliphatic heterocycles. The molecule has 0 unspecified atom stereocenters. The monoisotopic (exact) mass is 432 g/mol. The van der Waals surface area contributed by atoms with Crippen LogP contribution in [0.4, 0.5) is 4.39 Å². The van der Waals surface area contributed by atoms with Crippen LogP contribution in [0.3, 0.4) is 0 Å². The Morgan fingerprint density at radius 1 is 1.11 bits per heavy atom. The van der Waals surface area contributed by atoms with Gasteiger partial charge >= 0.3 is 0 Å². The molecular formula is C21H15Cl2FN2OS. The number of benzene rings is 2. The number of nitrogens with zero attached hydrogens (tertiary/aromatic N) is 2. The molecule has 0 saturated carbocycles. The lowest BCUT2D eigenvalue weighted by Crippen LogP contribution is -2.24. The molecule has 2 aromatic carbocycles. The fourth-order valence-corrected chi connectivity index (χ4v) is 4.68. The van der Waals surface area contributed by atoms with Crippen molar-refractivity contribution in [2.24, 2.45) is 0 Å². The van der Waals surface area contributed by atoms with Crippen LogP contribution < -0.4 is 5.56 Å². The Morgan fingerprint density at radius 2 is 1.89 bits per heavy atom. The van der Waals surface area contributed by atoms with Gasteiger partial charge in [0.05, 0.1) is 22.0 Å². The van der Waals surface area contributed by atoms with E-state index in [1.54, 1.807) is 35.8 Å². The van der Waals surface area contributed by atoms with Gasteiger partial charge in [0.25, 0.3) is 5.56 Å². The number of fused-ring (bicyclic) bond motifs is 1. The normalized spacial score (nSPS) is 11.3. The molecule has 0 fully saturated rings. The largest absolute Gasteiger partial charge is 0.292 e. The molecule has 0 atom stereocenters. The van der Waals surface area contributed by atoms with Gasteiger partial charge in [-0.05, 0) is 49.2 Å². The van der Waals surface area contributed by atoms with E-state index < -0.39 is 0 Å². The number of hydrogen-bond acceptors (Lipinski definition) is 3. The highest BCUT2D eigenvalue weighted by Gasteiger charge is 2.19. The minimum atomic E-state index is -0.333. The molecule has 0 spiro atoms. The second-order valence-electron chi connectivity index (χ2n) is 6.52. The predicted octanol–water partition coefficient (Wildman–Crippen LogP) is 6.24. The molecule has 0 aliphatic carbocycles. The number of aromatic nitrogens is 2. The van der Waals surface area contributed by atoms with Gasteiger partial charge in [-0.3, -0.25) is 9.36 Å². The maximum Gasteiger partial charge on any atom is 0.263 e. The zero-order chi connectivity index (χ0) is 20.0. The van der Waals surface area contributed by atoms with Gasteiger partial charge in [0, 0.05) is 10.4 Å². The number of hydrogen-bond donors (Lipinski definition) is 0. The molecule has 7 heteroatoms. The van der Waals surface area contributed by atoms with Crippen LogP contribution in [-0.4, -0.2) is 9.55 Å². The lowest BCUT2D eigenvalue weighted by molar-refractivity contribution is 0.621. The summed E-state index contributed by atoms with van der Waals surface area (Å²) in [5.74, 6) is 0.254. The lowest BCUT2D eigenvalue weighted by Gasteiger charge is -2.11. The molecule has 28 heavy (non-hydrogen) atoms. The van der Waals surface area contributed by atoms with Crippen LogP contribution in [0.2, 0.25) is 10.0 Å². The summed E-state index contributed by atoms with van der Waals surface area (Å²) in [5, 5.41) is 1.43. The number of aryl methyl sites for hydroxylation is 2. The Balaban J connectivity index is 1.94. The van der Waals surface area contributed by atoms with Crippen LogP contribution >= 0.6 is 34.5 Å². The van der Waals surface area contributed by atoms with Crippen molar-refractivity contribution >= 4 is 44.8 Å². The molecule has 4 aromatic rings. The molecular weight excluding hydrogens is 418 g/mol. The van der Waals surface area contributed by atoms with Crippen LogP contribution in [0.15, 0.2) is 47.3 Å². The first-order valence-electron chi connectivity index (χ1n) is 8.55. The molecule has 0 N–H and O–H groups in total. The average molecular weight is 433 g/mol. The van der Waals surface area contributed by atoms with Gasteiger partial charge in [0.1, 0.15) is 16.5 Å². The Hall–Kier alpha value is -2.21. The highest BCUT2D eigenvalue weighted by Crippen LogP contribution is 2.38. The minimum absolute atomic E-state index is 0.155. The number of halogens is 3. The summed E-state index contributed by atoms with van der Waals surface area (Å²) >= 11 is 13.7. The standard InChI is InChI=1S/C21H15Cl2FN2OS/c1-11-18(14-6-7-16(22)17(23)9-14)19-20(28-11)25-12(2)26(21(19)27)10-13-4-3-5-15(24)8-13/h3-9H,10H2,1-2H3. The van der Waals surface area contributed by atoms with Gasteiger partial charge < -0.3 is 0 Å². The van der Waals surface area contributed by atoms with Gasteiger partial charge in [0.2, 0.25) is 0 Å². The van der Waals surface area contributed by atoms with E-state index in [-0.39, 0.29) is 17.9 Å². The second-order valence-corrected chi connectivity index (χ2v) is 8.54. The summed E-state index contributed by atoms with van der Waals surface area (Å²) in [6, 6.07) is 11.5. The van der Waals surface area contributed by atoms with Crippen LogP contribution in [-0.2, 0) is 6.54 Å². The van der Waals surface area contributed by atoms with Crippen molar-refractivity contribution in [2.45, 2.75) is 20.4 Å². The zero-order valence-corrected chi connectivity index (χ0v) is 17.4. The SMILES string of the molecule is Cc1sc2nc(C)n(Cc3cccc(F)c3)c(=O)c2c1-c1ccc(Cl)c(Cl)c1. The lowest BCUT2D eigenvalue weighted by atomic mass is 10.0. The molecule has 0 aliphatic rings. The Labute approximate surface area is 175 Å². The van der Waals surface area contributed by atoms with E-state index in [0.717, 1.165) is 16.0 Å². The first-order valence-corrected chi connectivity index (χ1v) is 10.1. The second kappa shape index (κ2) is 7.32. The summed E-state index contributed by atoms with van der Waals surface area (Å²) in [4.78, 5) is 19.7. The van der Waals surface area contributed by atoms with Gasteiger partial charge in [-0.1, -0.05) is 41.4 Å². The fraction of sp³-hybridized carbons (Fsp3) is 0.143. The van der Waals surface area contributed by atoms with Crippen molar-refractivity contribution in [3.63, 3.8) is 0 Å². The van der Waals surface area contributed by atoms with E-state index >= 15 is 0 Å². The molecule has 4 rings (SSSR count). The third-order valence-corrected chi connectivity index (χ3v) is 6.35. The van der Waals surface area contributed by atoms with E-state index in [9.17, 15) is 9.18 Å². The molecule has 142 valence electrons. The number of rotatable bonds is 3. The van der Waals surface area contributed by atoms with E-state index in [0.29, 0.717) is 31.6 Å². The fourth-order valence-electron chi connectivity index (χ4n) is 3.30. The van der Waals surface area contributed by atoms with E-state index in [1.807, 2.05) is 13.0 Å². The molecule has 0 saturated heterocycles. The van der Waals surface area contributed by atoms with E-state index in [2.05, 4.69) is 4.98 Å². The van der Waals surface area contributed by atoms with Gasteiger partial charge in [-0.2, -0.15) is 0 Å². The molecule has 3 nitrogen and oxygen atoms in total. The average Bonchev–Trinajstić information content (AvgIpc) is 2.97. The first kappa shape index (κ1) is 19.1. The third kappa shape index (κ3) is 3.34. The van der Waals surface area contributed by atoms with Crippen LogP contribution in [0, 0.1) is 19.7 Å². The highest BCUT2D eigenvalue weighted by atomic mass is 35.5. The molecule has 0 bridgehead atoms. The summed E-state index contributed by atoms with van der Waals surface area (Å²) in [6.07, 6.45) is 0. The van der Waals surface area contributed by atoms with Crippen LogP contribution in [0.5, 0.6) is 0 Å². The molecule has 0 radical (unpaired) electrons. The predicted molar refractivity (Wildman–Crippen MR) is 114 cm³/mol.